The number of methoxy groups -OCH3 is 2. The van der Waals surface area contributed by atoms with Gasteiger partial charge in [0.05, 0.1) is 24.9 Å². The van der Waals surface area contributed by atoms with Gasteiger partial charge in [0.2, 0.25) is 0 Å². The monoisotopic (exact) mass is 446 g/mol. The number of amides is 2. The lowest BCUT2D eigenvalue weighted by Crippen LogP contribution is -2.33. The Morgan fingerprint density at radius 2 is 1.90 bits per heavy atom. The van der Waals surface area contributed by atoms with Gasteiger partial charge in [-0.25, -0.2) is 4.79 Å². The van der Waals surface area contributed by atoms with Crippen molar-refractivity contribution in [2.45, 2.75) is 13.0 Å². The molecule has 0 saturated heterocycles. The number of anilines is 1. The summed E-state index contributed by atoms with van der Waals surface area (Å²) < 4.78 is 21.2. The van der Waals surface area contributed by atoms with Gasteiger partial charge in [0.25, 0.3) is 5.89 Å². The van der Waals surface area contributed by atoms with E-state index in [4.69, 9.17) is 30.3 Å². The van der Waals surface area contributed by atoms with Crippen molar-refractivity contribution in [1.82, 2.24) is 15.0 Å². The van der Waals surface area contributed by atoms with Gasteiger partial charge in [-0.1, -0.05) is 35.0 Å². The number of nitrogens with one attached hydrogen (secondary N) is 1. The Labute approximate surface area is 184 Å². The molecule has 0 fully saturated rings. The number of para-hydroxylation sites is 1. The second kappa shape index (κ2) is 10.5. The van der Waals surface area contributed by atoms with Crippen molar-refractivity contribution < 1.29 is 23.5 Å². The molecule has 31 heavy (non-hydrogen) atoms. The average molecular weight is 447 g/mol. The summed E-state index contributed by atoms with van der Waals surface area (Å²) in [5.41, 5.74) is 0.435. The molecule has 1 aromatic heterocycles. The molecule has 0 saturated carbocycles. The number of carbonyl (C=O) groups excluding carboxylic acids is 1. The Kier molecular flexibility index (Phi) is 7.55. The summed E-state index contributed by atoms with van der Waals surface area (Å²) in [5, 5.41) is 7.06. The average Bonchev–Trinajstić information content (AvgIpc) is 3.24. The van der Waals surface area contributed by atoms with Crippen molar-refractivity contribution in [1.29, 1.82) is 0 Å². The van der Waals surface area contributed by atoms with Crippen LogP contribution >= 0.6 is 11.6 Å². The number of ether oxygens (including phenoxy) is 3. The van der Waals surface area contributed by atoms with Gasteiger partial charge >= 0.3 is 6.03 Å². The lowest BCUT2D eigenvalue weighted by molar-refractivity contribution is 0.222. The highest BCUT2D eigenvalue weighted by Crippen LogP contribution is 2.35. The zero-order valence-corrected chi connectivity index (χ0v) is 18.2. The second-order valence-electron chi connectivity index (χ2n) is 6.49. The van der Waals surface area contributed by atoms with E-state index in [2.05, 4.69) is 15.5 Å². The molecule has 0 unspecified atom stereocenters. The van der Waals surface area contributed by atoms with Crippen LogP contribution in [0, 0.1) is 0 Å². The van der Waals surface area contributed by atoms with Crippen LogP contribution in [0.15, 0.2) is 47.0 Å². The van der Waals surface area contributed by atoms with E-state index in [1.165, 1.54) is 19.1 Å². The fraction of sp³-hybridized carbons (Fsp3) is 0.286. The molecule has 0 radical (unpaired) electrons. The molecule has 0 aliphatic carbocycles. The molecular formula is C21H23ClN4O5. The number of hydrogen-bond acceptors (Lipinski definition) is 7. The number of aromatic nitrogens is 2. The maximum absolute atomic E-state index is 12.5. The summed E-state index contributed by atoms with van der Waals surface area (Å²) in [6.07, 6.45) is 0.416. The van der Waals surface area contributed by atoms with Crippen LogP contribution in [-0.2, 0) is 13.0 Å². The first-order chi connectivity index (χ1) is 15.0. The predicted octanol–water partition coefficient (Wildman–Crippen LogP) is 4.03. The zero-order valence-electron chi connectivity index (χ0n) is 17.4. The fourth-order valence-electron chi connectivity index (χ4n) is 2.65. The molecule has 0 bridgehead atoms. The van der Waals surface area contributed by atoms with Gasteiger partial charge in [0.1, 0.15) is 17.2 Å². The first-order valence-electron chi connectivity index (χ1n) is 9.43. The van der Waals surface area contributed by atoms with Gasteiger partial charge in [0, 0.05) is 26.1 Å². The Morgan fingerprint density at radius 3 is 2.61 bits per heavy atom. The normalized spacial score (nSPS) is 10.5. The highest BCUT2D eigenvalue weighted by Gasteiger charge is 2.16. The number of likely N-dealkylation sites (N-methyl/N-ethyl adjacent to an activating group) is 1. The quantitative estimate of drug-likeness (QED) is 0.529. The lowest BCUT2D eigenvalue weighted by atomic mass is 10.2. The van der Waals surface area contributed by atoms with E-state index >= 15 is 0 Å². The van der Waals surface area contributed by atoms with Gasteiger partial charge in [-0.15, -0.1) is 0 Å². The van der Waals surface area contributed by atoms with E-state index in [0.29, 0.717) is 52.6 Å². The minimum Gasteiger partial charge on any atom is -0.495 e. The van der Waals surface area contributed by atoms with Crippen LogP contribution in [0.5, 0.6) is 17.2 Å². The molecule has 2 aromatic carbocycles. The molecule has 0 aliphatic heterocycles. The summed E-state index contributed by atoms with van der Waals surface area (Å²) in [7, 11) is 4.66. The van der Waals surface area contributed by atoms with Gasteiger partial charge in [0.15, 0.2) is 12.4 Å². The van der Waals surface area contributed by atoms with Crippen LogP contribution in [0.3, 0.4) is 0 Å². The topological polar surface area (TPSA) is 99.0 Å². The van der Waals surface area contributed by atoms with Crippen molar-refractivity contribution in [3.8, 4) is 17.2 Å². The largest absolute Gasteiger partial charge is 0.495 e. The lowest BCUT2D eigenvalue weighted by Gasteiger charge is -2.19. The zero-order chi connectivity index (χ0) is 22.2. The highest BCUT2D eigenvalue weighted by molar-refractivity contribution is 6.32. The van der Waals surface area contributed by atoms with Gasteiger partial charge in [-0.05, 0) is 18.2 Å². The number of halogens is 1. The Bertz CT molecular complexity index is 1010. The van der Waals surface area contributed by atoms with Crippen LogP contribution in [0.2, 0.25) is 5.02 Å². The number of nitrogens with zero attached hydrogens (tertiary/aromatic N) is 3. The van der Waals surface area contributed by atoms with Crippen molar-refractivity contribution in [3.05, 3.63) is 59.2 Å². The second-order valence-corrected chi connectivity index (χ2v) is 6.90. The molecule has 1 heterocycles. The van der Waals surface area contributed by atoms with E-state index in [9.17, 15) is 4.79 Å². The first-order valence-corrected chi connectivity index (χ1v) is 9.81. The van der Waals surface area contributed by atoms with E-state index in [1.807, 2.05) is 30.3 Å². The van der Waals surface area contributed by atoms with Crippen molar-refractivity contribution in [2.24, 2.45) is 0 Å². The predicted molar refractivity (Wildman–Crippen MR) is 115 cm³/mol. The number of carbonyl (C=O) groups is 1. The van der Waals surface area contributed by atoms with Crippen LogP contribution in [-0.4, -0.2) is 48.9 Å². The molecule has 2 amide bonds. The first kappa shape index (κ1) is 22.2. The van der Waals surface area contributed by atoms with Crippen molar-refractivity contribution in [2.75, 3.05) is 33.1 Å². The van der Waals surface area contributed by atoms with Gasteiger partial charge in [-0.3, -0.25) is 0 Å². The minimum absolute atomic E-state index is 0.172. The molecule has 9 nitrogen and oxygen atoms in total. The smallest absolute Gasteiger partial charge is 0.321 e. The van der Waals surface area contributed by atoms with E-state index in [1.54, 1.807) is 19.2 Å². The number of hydrogen-bond donors (Lipinski definition) is 1. The summed E-state index contributed by atoms with van der Waals surface area (Å²) in [6, 6.07) is 12.2. The fourth-order valence-corrected chi connectivity index (χ4v) is 2.89. The van der Waals surface area contributed by atoms with Crippen molar-refractivity contribution >= 4 is 23.3 Å². The third-order valence-electron chi connectivity index (χ3n) is 4.35. The SMILES string of the molecule is COc1cc(OC)c(NC(=O)N(C)CCc2noc(COc3ccccc3)n2)cc1Cl. The Balaban J connectivity index is 1.52. The molecule has 164 valence electrons. The summed E-state index contributed by atoms with van der Waals surface area (Å²) in [6.45, 7) is 0.544. The maximum Gasteiger partial charge on any atom is 0.321 e. The Morgan fingerprint density at radius 1 is 1.16 bits per heavy atom. The summed E-state index contributed by atoms with van der Waals surface area (Å²) in [5.74, 6) is 2.45. The molecule has 1 N–H and O–H groups in total. The van der Waals surface area contributed by atoms with Gasteiger partial charge in [-0.2, -0.15) is 4.98 Å². The molecule has 3 aromatic rings. The van der Waals surface area contributed by atoms with Gasteiger partial charge < -0.3 is 29.0 Å². The molecule has 0 atom stereocenters. The van der Waals surface area contributed by atoms with Crippen LogP contribution in [0.25, 0.3) is 0 Å². The molecule has 0 aliphatic rings. The van der Waals surface area contributed by atoms with Crippen LogP contribution in [0.4, 0.5) is 10.5 Å². The third-order valence-corrected chi connectivity index (χ3v) is 4.64. The van der Waals surface area contributed by atoms with E-state index in [0.717, 1.165) is 0 Å². The van der Waals surface area contributed by atoms with Crippen molar-refractivity contribution in [3.63, 3.8) is 0 Å². The van der Waals surface area contributed by atoms with E-state index in [-0.39, 0.29) is 12.6 Å². The molecule has 10 heteroatoms. The number of urea groups is 1. The summed E-state index contributed by atoms with van der Waals surface area (Å²) in [4.78, 5) is 18.3. The standard InChI is InChI=1S/C21H23ClN4O5/c1-26(21(27)23-16-11-15(22)17(28-2)12-18(16)29-3)10-9-19-24-20(31-25-19)13-30-14-7-5-4-6-8-14/h4-8,11-12H,9-10,13H2,1-3H3,(H,23,27). The van der Waals surface area contributed by atoms with Crippen LogP contribution < -0.4 is 19.5 Å². The number of benzene rings is 2. The Hall–Kier alpha value is -3.46. The minimum atomic E-state index is -0.337. The third kappa shape index (κ3) is 6.02. The summed E-state index contributed by atoms with van der Waals surface area (Å²) >= 11 is 6.15. The van der Waals surface area contributed by atoms with E-state index < -0.39 is 0 Å². The molecule has 3 rings (SSSR count). The molecular weight excluding hydrogens is 424 g/mol. The number of rotatable bonds is 9. The maximum atomic E-state index is 12.5. The molecule has 0 spiro atoms. The van der Waals surface area contributed by atoms with Crippen LogP contribution in [0.1, 0.15) is 11.7 Å². The highest BCUT2D eigenvalue weighted by atomic mass is 35.5.